The predicted octanol–water partition coefficient (Wildman–Crippen LogP) is 0.782. The van der Waals surface area contributed by atoms with Crippen molar-refractivity contribution in [2.45, 2.75) is 25.2 Å². The largest absolute Gasteiger partial charge is 0.352 e. The highest BCUT2D eigenvalue weighted by Gasteiger charge is 2.14. The van der Waals surface area contributed by atoms with Gasteiger partial charge in [0.25, 0.3) is 5.91 Å². The molecule has 1 aromatic carbocycles. The van der Waals surface area contributed by atoms with Gasteiger partial charge in [-0.3, -0.25) is 4.79 Å². The molecule has 3 N–H and O–H groups in total. The first kappa shape index (κ1) is 13.7. The number of sulfonamides is 1. The summed E-state index contributed by atoms with van der Waals surface area (Å²) in [5, 5.41) is 7.71. The van der Waals surface area contributed by atoms with E-state index in [1.165, 1.54) is 12.1 Å². The van der Waals surface area contributed by atoms with Crippen molar-refractivity contribution in [1.29, 1.82) is 0 Å². The van der Waals surface area contributed by atoms with Crippen molar-refractivity contribution in [3.8, 4) is 0 Å². The molecular formula is C11H16N2O3S. The van der Waals surface area contributed by atoms with E-state index in [0.717, 1.165) is 6.42 Å². The van der Waals surface area contributed by atoms with Crippen molar-refractivity contribution in [1.82, 2.24) is 5.32 Å². The second kappa shape index (κ2) is 5.29. The van der Waals surface area contributed by atoms with Crippen LogP contribution < -0.4 is 10.5 Å². The molecule has 0 aromatic heterocycles. The van der Waals surface area contributed by atoms with E-state index < -0.39 is 10.0 Å². The third-order valence-electron chi connectivity index (χ3n) is 2.32. The fourth-order valence-electron chi connectivity index (χ4n) is 1.36. The van der Waals surface area contributed by atoms with E-state index in [1.54, 1.807) is 13.0 Å². The summed E-state index contributed by atoms with van der Waals surface area (Å²) in [4.78, 5) is 11.7. The molecule has 0 radical (unpaired) electrons. The van der Waals surface area contributed by atoms with Gasteiger partial charge in [-0.2, -0.15) is 0 Å². The lowest BCUT2D eigenvalue weighted by Crippen LogP contribution is -2.25. The van der Waals surface area contributed by atoms with Crippen LogP contribution in [-0.2, 0) is 10.0 Å². The maximum Gasteiger partial charge on any atom is 0.251 e. The molecule has 0 unspecified atom stereocenters. The molecule has 6 heteroatoms. The fourth-order valence-corrected chi connectivity index (χ4v) is 1.90. The third-order valence-corrected chi connectivity index (χ3v) is 3.23. The van der Waals surface area contributed by atoms with Gasteiger partial charge in [0.05, 0.1) is 4.90 Å². The van der Waals surface area contributed by atoms with Gasteiger partial charge in [-0.15, -0.1) is 0 Å². The van der Waals surface area contributed by atoms with Crippen LogP contribution in [0.1, 0.15) is 29.3 Å². The number of primary sulfonamides is 1. The van der Waals surface area contributed by atoms with Crippen LogP contribution in [0.15, 0.2) is 23.1 Å². The number of aryl methyl sites for hydroxylation is 1. The minimum atomic E-state index is -3.78. The summed E-state index contributed by atoms with van der Waals surface area (Å²) < 4.78 is 22.4. The molecule has 94 valence electrons. The number of amides is 1. The lowest BCUT2D eigenvalue weighted by molar-refractivity contribution is 0.0953. The van der Waals surface area contributed by atoms with Gasteiger partial charge in [0, 0.05) is 12.1 Å². The van der Waals surface area contributed by atoms with E-state index in [4.69, 9.17) is 5.14 Å². The SMILES string of the molecule is CCCNC(=O)c1cc(S(N)(=O)=O)ccc1C. The van der Waals surface area contributed by atoms with Crippen LogP contribution in [0.3, 0.4) is 0 Å². The molecule has 17 heavy (non-hydrogen) atoms. The van der Waals surface area contributed by atoms with E-state index in [9.17, 15) is 13.2 Å². The van der Waals surface area contributed by atoms with Gasteiger partial charge in [-0.05, 0) is 31.0 Å². The summed E-state index contributed by atoms with van der Waals surface area (Å²) >= 11 is 0. The monoisotopic (exact) mass is 256 g/mol. The minimum Gasteiger partial charge on any atom is -0.352 e. The zero-order valence-corrected chi connectivity index (χ0v) is 10.7. The molecule has 0 spiro atoms. The molecule has 0 saturated carbocycles. The highest BCUT2D eigenvalue weighted by atomic mass is 32.2. The van der Waals surface area contributed by atoms with E-state index in [1.807, 2.05) is 6.92 Å². The molecule has 0 atom stereocenters. The van der Waals surface area contributed by atoms with Gasteiger partial charge in [0.2, 0.25) is 10.0 Å². The Bertz CT molecular complexity index is 524. The van der Waals surface area contributed by atoms with Gasteiger partial charge < -0.3 is 5.32 Å². The average molecular weight is 256 g/mol. The molecule has 0 aliphatic rings. The van der Waals surface area contributed by atoms with Crippen molar-refractivity contribution in [2.75, 3.05) is 6.54 Å². The summed E-state index contributed by atoms with van der Waals surface area (Å²) in [5.41, 5.74) is 1.05. The topological polar surface area (TPSA) is 89.3 Å². The van der Waals surface area contributed by atoms with Crippen molar-refractivity contribution >= 4 is 15.9 Å². The van der Waals surface area contributed by atoms with Gasteiger partial charge in [-0.25, -0.2) is 13.6 Å². The Hall–Kier alpha value is -1.40. The highest BCUT2D eigenvalue weighted by molar-refractivity contribution is 7.89. The Kier molecular flexibility index (Phi) is 4.25. The van der Waals surface area contributed by atoms with E-state index in [0.29, 0.717) is 17.7 Å². The number of hydrogen-bond acceptors (Lipinski definition) is 3. The van der Waals surface area contributed by atoms with Gasteiger partial charge in [-0.1, -0.05) is 13.0 Å². The maximum absolute atomic E-state index is 11.8. The normalized spacial score (nSPS) is 11.2. The van der Waals surface area contributed by atoms with Crippen molar-refractivity contribution in [3.63, 3.8) is 0 Å². The van der Waals surface area contributed by atoms with E-state index in [-0.39, 0.29) is 10.8 Å². The van der Waals surface area contributed by atoms with Crippen LogP contribution in [0.5, 0.6) is 0 Å². The molecule has 1 aromatic rings. The Balaban J connectivity index is 3.11. The number of rotatable bonds is 4. The minimum absolute atomic E-state index is 0.0512. The molecule has 0 saturated heterocycles. The Morgan fingerprint density at radius 1 is 1.41 bits per heavy atom. The lowest BCUT2D eigenvalue weighted by Gasteiger charge is -2.08. The van der Waals surface area contributed by atoms with Gasteiger partial charge >= 0.3 is 0 Å². The first-order chi connectivity index (χ1) is 7.86. The Morgan fingerprint density at radius 3 is 2.59 bits per heavy atom. The van der Waals surface area contributed by atoms with Gasteiger partial charge in [0.15, 0.2) is 0 Å². The molecule has 1 amide bonds. The lowest BCUT2D eigenvalue weighted by atomic mass is 10.1. The summed E-state index contributed by atoms with van der Waals surface area (Å²) in [6, 6.07) is 4.26. The number of nitrogens with two attached hydrogens (primary N) is 1. The summed E-state index contributed by atoms with van der Waals surface area (Å²) in [7, 11) is -3.78. The molecular weight excluding hydrogens is 240 g/mol. The second-order valence-electron chi connectivity index (χ2n) is 3.78. The molecule has 5 nitrogen and oxygen atoms in total. The molecule has 0 fully saturated rings. The number of carbonyl (C=O) groups excluding carboxylic acids is 1. The van der Waals surface area contributed by atoms with Gasteiger partial charge in [0.1, 0.15) is 0 Å². The molecule has 0 aliphatic heterocycles. The standard InChI is InChI=1S/C11H16N2O3S/c1-3-6-13-11(14)10-7-9(17(12,15)16)5-4-8(10)2/h4-5,7H,3,6H2,1-2H3,(H,13,14)(H2,12,15,16). The highest BCUT2D eigenvalue weighted by Crippen LogP contribution is 2.14. The van der Waals surface area contributed by atoms with Crippen LogP contribution in [0.4, 0.5) is 0 Å². The molecule has 0 bridgehead atoms. The van der Waals surface area contributed by atoms with Crippen LogP contribution in [-0.4, -0.2) is 20.9 Å². The third kappa shape index (κ3) is 3.54. The Morgan fingerprint density at radius 2 is 2.06 bits per heavy atom. The van der Waals surface area contributed by atoms with E-state index in [2.05, 4.69) is 5.32 Å². The fraction of sp³-hybridized carbons (Fsp3) is 0.364. The average Bonchev–Trinajstić information content (AvgIpc) is 2.24. The summed E-state index contributed by atoms with van der Waals surface area (Å²) in [6.07, 6.45) is 0.819. The van der Waals surface area contributed by atoms with Crippen LogP contribution >= 0.6 is 0 Å². The zero-order chi connectivity index (χ0) is 13.1. The van der Waals surface area contributed by atoms with Crippen molar-refractivity contribution in [2.24, 2.45) is 5.14 Å². The van der Waals surface area contributed by atoms with Crippen LogP contribution in [0.25, 0.3) is 0 Å². The smallest absolute Gasteiger partial charge is 0.251 e. The number of benzene rings is 1. The summed E-state index contributed by atoms with van der Waals surface area (Å²) in [6.45, 7) is 4.24. The van der Waals surface area contributed by atoms with Crippen molar-refractivity contribution < 1.29 is 13.2 Å². The first-order valence-corrected chi connectivity index (χ1v) is 6.82. The number of carbonyl (C=O) groups is 1. The van der Waals surface area contributed by atoms with Crippen molar-refractivity contribution in [3.05, 3.63) is 29.3 Å². The molecule has 0 heterocycles. The van der Waals surface area contributed by atoms with Crippen LogP contribution in [0.2, 0.25) is 0 Å². The first-order valence-electron chi connectivity index (χ1n) is 5.28. The maximum atomic E-state index is 11.8. The van der Waals surface area contributed by atoms with E-state index >= 15 is 0 Å². The molecule has 0 aliphatic carbocycles. The zero-order valence-electron chi connectivity index (χ0n) is 9.86. The second-order valence-corrected chi connectivity index (χ2v) is 5.34. The number of nitrogens with one attached hydrogen (secondary N) is 1. The molecule has 1 rings (SSSR count). The quantitative estimate of drug-likeness (QED) is 0.834. The Labute approximate surface area is 101 Å². The van der Waals surface area contributed by atoms with Crippen LogP contribution in [0, 0.1) is 6.92 Å². The summed E-state index contributed by atoms with van der Waals surface area (Å²) in [5.74, 6) is -0.283. The predicted molar refractivity (Wildman–Crippen MR) is 65.2 cm³/mol. The number of hydrogen-bond donors (Lipinski definition) is 2.